The molecule has 0 aliphatic carbocycles. The summed E-state index contributed by atoms with van der Waals surface area (Å²) in [4.78, 5) is 1.29. The van der Waals surface area contributed by atoms with Crippen LogP contribution in [0.3, 0.4) is 0 Å². The van der Waals surface area contributed by atoms with Crippen LogP contribution in [-0.2, 0) is 13.2 Å². The van der Waals surface area contributed by atoms with Crippen molar-refractivity contribution in [1.29, 1.82) is 0 Å². The molecule has 7 nitrogen and oxygen atoms in total. The van der Waals surface area contributed by atoms with Crippen LogP contribution >= 0.6 is 39.1 Å². The number of hydrogen-bond donors (Lipinski definition) is 2. The quantitative estimate of drug-likeness (QED) is 0.604. The van der Waals surface area contributed by atoms with E-state index in [1.165, 1.54) is 4.79 Å². The first-order valence-corrected chi connectivity index (χ1v) is 8.70. The van der Waals surface area contributed by atoms with Gasteiger partial charge in [-0.15, -0.1) is 4.79 Å². The van der Waals surface area contributed by atoms with Gasteiger partial charge < -0.3 is 15.9 Å². The van der Waals surface area contributed by atoms with Gasteiger partial charge in [-0.05, 0) is 40.8 Å². The molecule has 0 unspecified atom stereocenters. The fraction of sp³-hybridized carbons (Fsp3) is 0.133. The molecule has 1 aromatic heterocycles. The lowest BCUT2D eigenvalue weighted by atomic mass is 10.2. The van der Waals surface area contributed by atoms with Crippen LogP contribution in [0.5, 0.6) is 5.75 Å². The van der Waals surface area contributed by atoms with Crippen molar-refractivity contribution in [3.63, 3.8) is 0 Å². The number of anilines is 1. The molecule has 3 aromatic rings. The van der Waals surface area contributed by atoms with Gasteiger partial charge in [0.05, 0.1) is 6.54 Å². The molecule has 0 saturated heterocycles. The average Bonchev–Trinajstić information content (AvgIpc) is 2.98. The Morgan fingerprint density at radius 1 is 1.16 bits per heavy atom. The molecule has 10 heteroatoms. The van der Waals surface area contributed by atoms with Gasteiger partial charge in [0.25, 0.3) is 5.95 Å². The summed E-state index contributed by atoms with van der Waals surface area (Å²) in [6.45, 7) is 0.732. The summed E-state index contributed by atoms with van der Waals surface area (Å²) in [6.07, 6.45) is 0. The minimum atomic E-state index is 0.172. The number of tetrazole rings is 1. The molecule has 25 heavy (non-hydrogen) atoms. The van der Waals surface area contributed by atoms with Gasteiger partial charge in [0.1, 0.15) is 12.4 Å². The van der Waals surface area contributed by atoms with Crippen LogP contribution in [0.15, 0.2) is 40.9 Å². The lowest BCUT2D eigenvalue weighted by Gasteiger charge is -2.14. The molecule has 0 saturated carbocycles. The minimum Gasteiger partial charge on any atom is -0.488 e. The van der Waals surface area contributed by atoms with Crippen molar-refractivity contribution in [2.75, 3.05) is 11.2 Å². The van der Waals surface area contributed by atoms with Gasteiger partial charge in [-0.1, -0.05) is 50.3 Å². The first-order valence-electron chi connectivity index (χ1n) is 7.16. The third kappa shape index (κ3) is 4.53. The molecule has 0 spiro atoms. The van der Waals surface area contributed by atoms with E-state index >= 15 is 0 Å². The number of benzene rings is 2. The summed E-state index contributed by atoms with van der Waals surface area (Å²) in [6, 6.07) is 11.0. The van der Waals surface area contributed by atoms with Crippen LogP contribution in [0.4, 0.5) is 5.95 Å². The summed E-state index contributed by atoms with van der Waals surface area (Å²) in [7, 11) is 0. The van der Waals surface area contributed by atoms with Crippen molar-refractivity contribution in [2.24, 2.45) is 0 Å². The molecule has 0 fully saturated rings. The van der Waals surface area contributed by atoms with Gasteiger partial charge in [-0.2, -0.15) is 0 Å². The van der Waals surface area contributed by atoms with Crippen LogP contribution < -0.4 is 15.9 Å². The van der Waals surface area contributed by atoms with E-state index in [1.807, 2.05) is 24.3 Å². The van der Waals surface area contributed by atoms with Gasteiger partial charge >= 0.3 is 0 Å². The standard InChI is InChI=1S/C15H13BrCl2N6O/c16-11-2-4-14(25-8-9-1-3-12(17)6-13(9)18)10(5-11)7-20-24-15(19)21-22-23-24/h1-6,20H,7-8H2,(H2,19,21,23). The Balaban J connectivity index is 1.73. The lowest BCUT2D eigenvalue weighted by Crippen LogP contribution is -2.18. The Morgan fingerprint density at radius 2 is 2.00 bits per heavy atom. The zero-order valence-corrected chi connectivity index (χ0v) is 15.9. The van der Waals surface area contributed by atoms with Crippen LogP contribution in [0, 0.1) is 0 Å². The van der Waals surface area contributed by atoms with E-state index in [2.05, 4.69) is 36.9 Å². The number of nitrogens with zero attached hydrogens (tertiary/aromatic N) is 4. The second-order valence-corrected chi connectivity index (χ2v) is 6.82. The van der Waals surface area contributed by atoms with E-state index in [1.54, 1.807) is 12.1 Å². The number of nitrogens with two attached hydrogens (primary N) is 1. The molecule has 2 aromatic carbocycles. The van der Waals surface area contributed by atoms with Crippen molar-refractivity contribution in [1.82, 2.24) is 20.3 Å². The van der Waals surface area contributed by atoms with Crippen LogP contribution in [-0.4, -0.2) is 20.3 Å². The molecule has 0 atom stereocenters. The second-order valence-electron chi connectivity index (χ2n) is 5.06. The van der Waals surface area contributed by atoms with E-state index in [0.717, 1.165) is 15.6 Å². The Hall–Kier alpha value is -2.03. The van der Waals surface area contributed by atoms with Gasteiger partial charge in [0.2, 0.25) is 0 Å². The normalized spacial score (nSPS) is 10.7. The van der Waals surface area contributed by atoms with E-state index < -0.39 is 0 Å². The lowest BCUT2D eigenvalue weighted by molar-refractivity contribution is 0.303. The van der Waals surface area contributed by atoms with Crippen LogP contribution in [0.1, 0.15) is 11.1 Å². The molecule has 3 N–H and O–H groups in total. The maximum Gasteiger partial charge on any atom is 0.260 e. The van der Waals surface area contributed by atoms with Gasteiger partial charge in [-0.3, -0.25) is 0 Å². The maximum atomic E-state index is 6.18. The fourth-order valence-corrected chi connectivity index (χ4v) is 2.96. The molecule has 130 valence electrons. The molecule has 0 aliphatic heterocycles. The number of hydrogen-bond acceptors (Lipinski definition) is 6. The topological polar surface area (TPSA) is 90.9 Å². The van der Waals surface area contributed by atoms with E-state index in [4.69, 9.17) is 33.7 Å². The largest absolute Gasteiger partial charge is 0.488 e. The summed E-state index contributed by atoms with van der Waals surface area (Å²) in [5, 5.41) is 12.0. The van der Waals surface area contributed by atoms with Gasteiger partial charge in [0, 0.05) is 25.6 Å². The van der Waals surface area contributed by atoms with Crippen molar-refractivity contribution in [2.45, 2.75) is 13.2 Å². The Morgan fingerprint density at radius 3 is 2.72 bits per heavy atom. The predicted octanol–water partition coefficient (Wildman–Crippen LogP) is 3.65. The number of aromatic nitrogens is 4. The zero-order valence-electron chi connectivity index (χ0n) is 12.8. The van der Waals surface area contributed by atoms with Crippen molar-refractivity contribution >= 4 is 45.1 Å². The first kappa shape index (κ1) is 17.8. The highest BCUT2D eigenvalue weighted by atomic mass is 79.9. The SMILES string of the molecule is Nc1nnnn1NCc1cc(Br)ccc1OCc1ccc(Cl)cc1Cl. The molecule has 0 radical (unpaired) electrons. The molecule has 1 heterocycles. The smallest absolute Gasteiger partial charge is 0.260 e. The third-order valence-corrected chi connectivity index (χ3v) is 4.41. The Kier molecular flexibility index (Phi) is 5.62. The Labute approximate surface area is 162 Å². The third-order valence-electron chi connectivity index (χ3n) is 3.33. The number of rotatable bonds is 6. The monoisotopic (exact) mass is 442 g/mol. The number of ether oxygens (including phenoxy) is 1. The molecule has 0 bridgehead atoms. The average molecular weight is 444 g/mol. The predicted molar refractivity (Wildman–Crippen MR) is 100 cm³/mol. The fourth-order valence-electron chi connectivity index (χ4n) is 2.09. The summed E-state index contributed by atoms with van der Waals surface area (Å²) in [5.74, 6) is 0.874. The summed E-state index contributed by atoms with van der Waals surface area (Å²) < 4.78 is 6.84. The highest BCUT2D eigenvalue weighted by Gasteiger charge is 2.09. The highest BCUT2D eigenvalue weighted by molar-refractivity contribution is 9.10. The van der Waals surface area contributed by atoms with Crippen LogP contribution in [0.2, 0.25) is 10.0 Å². The van der Waals surface area contributed by atoms with E-state index in [-0.39, 0.29) is 5.95 Å². The number of nitrogen functional groups attached to an aromatic ring is 1. The van der Waals surface area contributed by atoms with Crippen molar-refractivity contribution in [3.05, 3.63) is 62.0 Å². The molecule has 3 rings (SSSR count). The highest BCUT2D eigenvalue weighted by Crippen LogP contribution is 2.26. The second kappa shape index (κ2) is 7.90. The maximum absolute atomic E-state index is 6.18. The van der Waals surface area contributed by atoms with E-state index in [0.29, 0.717) is 28.9 Å². The zero-order chi connectivity index (χ0) is 17.8. The van der Waals surface area contributed by atoms with Gasteiger partial charge in [0.15, 0.2) is 0 Å². The summed E-state index contributed by atoms with van der Waals surface area (Å²) >= 11 is 15.5. The van der Waals surface area contributed by atoms with Crippen molar-refractivity contribution in [3.8, 4) is 5.75 Å². The molecule has 0 amide bonds. The summed E-state index contributed by atoms with van der Waals surface area (Å²) in [5.41, 5.74) is 10.4. The Bertz CT molecular complexity index is 888. The molecule has 0 aliphatic rings. The minimum absolute atomic E-state index is 0.172. The van der Waals surface area contributed by atoms with E-state index in [9.17, 15) is 0 Å². The van der Waals surface area contributed by atoms with Crippen molar-refractivity contribution < 1.29 is 4.74 Å². The first-order chi connectivity index (χ1) is 12.0. The van der Waals surface area contributed by atoms with Crippen LogP contribution in [0.25, 0.3) is 0 Å². The molecular weight excluding hydrogens is 431 g/mol. The molecular formula is C15H13BrCl2N6O. The number of halogens is 3. The van der Waals surface area contributed by atoms with Gasteiger partial charge in [-0.25, -0.2) is 0 Å². The number of nitrogens with one attached hydrogen (secondary N) is 1.